The Morgan fingerprint density at radius 3 is 1.48 bits per heavy atom. The van der Waals surface area contributed by atoms with Gasteiger partial charge in [-0.25, -0.2) is 0 Å². The molecule has 0 saturated carbocycles. The van der Waals surface area contributed by atoms with Gasteiger partial charge in [0.05, 0.1) is 0 Å². The molecule has 0 fully saturated rings. The summed E-state index contributed by atoms with van der Waals surface area (Å²) in [4.78, 5) is 0. The topological polar surface area (TPSA) is 0 Å². The number of hydrogen-bond donors (Lipinski definition) is 0. The van der Waals surface area contributed by atoms with E-state index in [9.17, 15) is 0 Å². The van der Waals surface area contributed by atoms with Gasteiger partial charge in [0.25, 0.3) is 0 Å². The minimum atomic E-state index is 1.24. The molecule has 0 aromatic heterocycles. The van der Waals surface area contributed by atoms with Crippen molar-refractivity contribution in [3.8, 4) is 33.4 Å². The van der Waals surface area contributed by atoms with Crippen LogP contribution in [0.2, 0.25) is 0 Å². The molecule has 0 radical (unpaired) electrons. The Morgan fingerprint density at radius 2 is 0.732 bits per heavy atom. The van der Waals surface area contributed by atoms with Crippen LogP contribution in [0, 0.1) is 0 Å². The Balaban J connectivity index is 1.31. The summed E-state index contributed by atoms with van der Waals surface area (Å²) in [6.07, 6.45) is 0. The first kappa shape index (κ1) is 30.1. The summed E-state index contributed by atoms with van der Waals surface area (Å²) >= 11 is 0. The van der Waals surface area contributed by atoms with Crippen LogP contribution in [0.15, 0.2) is 194 Å². The van der Waals surface area contributed by atoms with Gasteiger partial charge in [0.2, 0.25) is 0 Å². The van der Waals surface area contributed by atoms with Crippen molar-refractivity contribution in [3.63, 3.8) is 0 Å². The van der Waals surface area contributed by atoms with E-state index in [4.69, 9.17) is 0 Å². The molecule has 13 aromatic rings. The molecule has 0 bridgehead atoms. The first-order valence-corrected chi connectivity index (χ1v) is 19.6. The van der Waals surface area contributed by atoms with Crippen LogP contribution in [0.25, 0.3) is 130 Å². The van der Waals surface area contributed by atoms with Crippen LogP contribution < -0.4 is 0 Å². The van der Waals surface area contributed by atoms with Crippen LogP contribution in [-0.4, -0.2) is 0 Å². The fourth-order valence-electron chi connectivity index (χ4n) is 10.4. The zero-order valence-corrected chi connectivity index (χ0v) is 30.5. The maximum atomic E-state index is 2.54. The third kappa shape index (κ3) is 3.93. The first-order valence-electron chi connectivity index (χ1n) is 19.6. The summed E-state index contributed by atoms with van der Waals surface area (Å²) in [6, 6.07) is 72.7. The Labute approximate surface area is 323 Å². The van der Waals surface area contributed by atoms with Gasteiger partial charge in [0.15, 0.2) is 0 Å². The summed E-state index contributed by atoms with van der Waals surface area (Å²) in [5.41, 5.74) is 7.61. The fourth-order valence-corrected chi connectivity index (χ4v) is 10.4. The van der Waals surface area contributed by atoms with Crippen LogP contribution in [-0.2, 0) is 0 Å². The molecule has 13 aromatic carbocycles. The highest BCUT2D eigenvalue weighted by atomic mass is 14.3. The van der Waals surface area contributed by atoms with E-state index in [0.717, 1.165) is 0 Å². The molecule has 0 heterocycles. The first-order chi connectivity index (χ1) is 27.8. The molecule has 0 aliphatic rings. The average molecular weight is 705 g/mol. The summed E-state index contributed by atoms with van der Waals surface area (Å²) in [5.74, 6) is 0. The van der Waals surface area contributed by atoms with Crippen molar-refractivity contribution >= 4 is 97.0 Å². The molecule has 256 valence electrons. The molecular formula is C56H32. The smallest absolute Gasteiger partial charge is 0.000697 e. The van der Waals surface area contributed by atoms with Crippen molar-refractivity contribution in [2.75, 3.05) is 0 Å². The Kier molecular flexibility index (Phi) is 5.98. The lowest BCUT2D eigenvalue weighted by atomic mass is 9.84. The second-order valence-electron chi connectivity index (χ2n) is 15.5. The molecule has 0 aliphatic carbocycles. The van der Waals surface area contributed by atoms with Gasteiger partial charge in [-0.2, -0.15) is 0 Å². The van der Waals surface area contributed by atoms with Gasteiger partial charge in [-0.15, -0.1) is 0 Å². The van der Waals surface area contributed by atoms with E-state index in [1.807, 2.05) is 0 Å². The molecule has 0 amide bonds. The predicted octanol–water partition coefficient (Wildman–Crippen LogP) is 15.9. The number of rotatable bonds is 3. The highest BCUT2D eigenvalue weighted by Gasteiger charge is 2.27. The maximum Gasteiger partial charge on any atom is -0.000697 e. The van der Waals surface area contributed by atoms with Crippen molar-refractivity contribution in [3.05, 3.63) is 194 Å². The van der Waals surface area contributed by atoms with Crippen LogP contribution >= 0.6 is 0 Å². The van der Waals surface area contributed by atoms with Crippen LogP contribution in [0.1, 0.15) is 0 Å². The molecule has 0 heteroatoms. The molecule has 0 N–H and O–H groups in total. The second-order valence-corrected chi connectivity index (χ2v) is 15.5. The lowest BCUT2D eigenvalue weighted by Gasteiger charge is -2.19. The quantitative estimate of drug-likeness (QED) is 0.161. The van der Waals surface area contributed by atoms with E-state index >= 15 is 0 Å². The molecule has 0 atom stereocenters. The largest absolute Gasteiger partial charge is 0.0622 e. The lowest BCUT2D eigenvalue weighted by molar-refractivity contribution is 1.66. The zero-order valence-electron chi connectivity index (χ0n) is 30.5. The van der Waals surface area contributed by atoms with Crippen molar-refractivity contribution in [1.82, 2.24) is 0 Å². The van der Waals surface area contributed by atoms with Crippen LogP contribution in [0.4, 0.5) is 0 Å². The molecular weight excluding hydrogens is 673 g/mol. The highest BCUT2D eigenvalue weighted by molar-refractivity contribution is 6.46. The minimum Gasteiger partial charge on any atom is -0.0622 e. The number of hydrogen-bond acceptors (Lipinski definition) is 0. The van der Waals surface area contributed by atoms with Crippen molar-refractivity contribution < 1.29 is 0 Å². The van der Waals surface area contributed by atoms with E-state index in [2.05, 4.69) is 194 Å². The van der Waals surface area contributed by atoms with Crippen LogP contribution in [0.3, 0.4) is 0 Å². The van der Waals surface area contributed by atoms with E-state index < -0.39 is 0 Å². The summed E-state index contributed by atoms with van der Waals surface area (Å²) in [6.45, 7) is 0. The maximum absolute atomic E-state index is 2.54. The van der Waals surface area contributed by atoms with Crippen molar-refractivity contribution in [2.45, 2.75) is 0 Å². The van der Waals surface area contributed by atoms with E-state index in [0.29, 0.717) is 0 Å². The highest BCUT2D eigenvalue weighted by Crippen LogP contribution is 2.55. The Morgan fingerprint density at radius 1 is 0.179 bits per heavy atom. The summed E-state index contributed by atoms with van der Waals surface area (Å²) in [7, 11) is 0. The molecule has 56 heavy (non-hydrogen) atoms. The second kappa shape index (κ2) is 11.1. The standard InChI is InChI=1S/C56H32/c1-4-14-33(15-5-1)37-28-29-40-45(30-37)41-22-12-24-43-52(41)46(40)32-48-50(35-17-6-2-7-18-35)55-44-25-13-23-42-49-38(27-26-34-16-10-11-21-39(34)49)31-47(53(42)44)56(55)51(54(43)48)36-19-8-3-9-20-36/h1-32H. The van der Waals surface area contributed by atoms with Gasteiger partial charge in [-0.3, -0.25) is 0 Å². The molecule has 13 rings (SSSR count). The SMILES string of the molecule is c1ccc(-c2ccc3c(c2)c2cccc4c5c(-c6ccccc6)c6c7cc8ccc9ccccc9c8c8cccc(c6c(-c6ccccc6)c5cc3c24)c78)cc1. The van der Waals surface area contributed by atoms with E-state index in [-0.39, 0.29) is 0 Å². The Bertz CT molecular complexity index is 3710. The van der Waals surface area contributed by atoms with Gasteiger partial charge < -0.3 is 0 Å². The normalized spacial score (nSPS) is 12.3. The predicted molar refractivity (Wildman–Crippen MR) is 243 cm³/mol. The third-order valence-electron chi connectivity index (χ3n) is 12.7. The van der Waals surface area contributed by atoms with Gasteiger partial charge in [-0.1, -0.05) is 176 Å². The van der Waals surface area contributed by atoms with Gasteiger partial charge in [-0.05, 0) is 149 Å². The summed E-state index contributed by atoms with van der Waals surface area (Å²) in [5, 5.41) is 23.7. The van der Waals surface area contributed by atoms with Crippen LogP contribution in [0.5, 0.6) is 0 Å². The van der Waals surface area contributed by atoms with Crippen molar-refractivity contribution in [2.24, 2.45) is 0 Å². The minimum absolute atomic E-state index is 1.24. The molecule has 0 aliphatic heterocycles. The molecule has 0 unspecified atom stereocenters. The third-order valence-corrected chi connectivity index (χ3v) is 12.7. The molecule has 0 saturated heterocycles. The van der Waals surface area contributed by atoms with Gasteiger partial charge >= 0.3 is 0 Å². The molecule has 0 nitrogen and oxygen atoms in total. The Hall–Kier alpha value is -7.28. The average Bonchev–Trinajstić information content (AvgIpc) is 3.77. The number of benzene rings is 11. The summed E-state index contributed by atoms with van der Waals surface area (Å²) < 4.78 is 0. The van der Waals surface area contributed by atoms with E-state index in [1.54, 1.807) is 0 Å². The number of fused-ring (bicyclic) bond motifs is 12. The van der Waals surface area contributed by atoms with Crippen molar-refractivity contribution in [1.29, 1.82) is 0 Å². The van der Waals surface area contributed by atoms with Gasteiger partial charge in [0.1, 0.15) is 0 Å². The lowest BCUT2D eigenvalue weighted by Crippen LogP contribution is -1.91. The van der Waals surface area contributed by atoms with Gasteiger partial charge in [0, 0.05) is 0 Å². The molecule has 0 spiro atoms. The van der Waals surface area contributed by atoms with E-state index in [1.165, 1.54) is 130 Å². The zero-order chi connectivity index (χ0) is 36.5. The monoisotopic (exact) mass is 704 g/mol. The fraction of sp³-hybridized carbons (Fsp3) is 0.